The number of aliphatic hydroxyl groups is 6. The number of carboxylic acids is 1. The van der Waals surface area contributed by atoms with Crippen LogP contribution < -0.4 is 0 Å². The van der Waals surface area contributed by atoms with Gasteiger partial charge < -0.3 is 54.7 Å². The van der Waals surface area contributed by atoms with Gasteiger partial charge in [-0.05, 0) is 111 Å². The number of allylic oxidation sites excluding steroid dienone is 2. The summed E-state index contributed by atoms with van der Waals surface area (Å²) in [5.74, 6) is -0.194. The summed E-state index contributed by atoms with van der Waals surface area (Å²) >= 11 is 0. The van der Waals surface area contributed by atoms with E-state index in [1.807, 2.05) is 0 Å². The van der Waals surface area contributed by atoms with Crippen LogP contribution in [0.25, 0.3) is 0 Å². The second kappa shape index (κ2) is 13.5. The lowest BCUT2D eigenvalue weighted by atomic mass is 9.33. The Morgan fingerprint density at radius 3 is 2.21 bits per heavy atom. The lowest BCUT2D eigenvalue weighted by Crippen LogP contribution is -2.67. The summed E-state index contributed by atoms with van der Waals surface area (Å²) in [5, 5.41) is 74.9. The summed E-state index contributed by atoms with van der Waals surface area (Å²) in [6.45, 7) is 15.1. The second-order valence-electron chi connectivity index (χ2n) is 20.0. The van der Waals surface area contributed by atoms with E-state index in [2.05, 4.69) is 47.6 Å². The fourth-order valence-corrected chi connectivity index (χ4v) is 13.3. The van der Waals surface area contributed by atoms with Crippen LogP contribution in [0.15, 0.2) is 11.6 Å². The number of hydrogen-bond donors (Lipinski definition) is 7. The van der Waals surface area contributed by atoms with Crippen LogP contribution >= 0.6 is 0 Å². The van der Waals surface area contributed by atoms with Gasteiger partial charge in [-0.25, -0.2) is 0 Å². The molecule has 53 heavy (non-hydrogen) atoms. The molecule has 0 aromatic rings. The van der Waals surface area contributed by atoms with Crippen molar-refractivity contribution in [3.63, 3.8) is 0 Å². The second-order valence-corrected chi connectivity index (χ2v) is 20.0. The van der Waals surface area contributed by atoms with E-state index in [0.29, 0.717) is 18.8 Å². The van der Waals surface area contributed by atoms with Gasteiger partial charge in [-0.1, -0.05) is 53.2 Å². The summed E-state index contributed by atoms with van der Waals surface area (Å²) in [6, 6.07) is 0. The van der Waals surface area contributed by atoms with Crippen molar-refractivity contribution in [3.8, 4) is 0 Å². The maximum absolute atomic E-state index is 13.0. The fourth-order valence-electron chi connectivity index (χ4n) is 13.3. The minimum atomic E-state index is -1.62. The molecule has 2 heterocycles. The summed E-state index contributed by atoms with van der Waals surface area (Å²) in [6.07, 6.45) is -1.79. The Bertz CT molecular complexity index is 1440. The van der Waals surface area contributed by atoms with Crippen molar-refractivity contribution in [3.05, 3.63) is 11.6 Å². The Morgan fingerprint density at radius 2 is 1.53 bits per heavy atom. The summed E-state index contributed by atoms with van der Waals surface area (Å²) in [5.41, 5.74) is -0.239. The maximum atomic E-state index is 13.0. The highest BCUT2D eigenvalue weighted by Crippen LogP contribution is 2.76. The van der Waals surface area contributed by atoms with E-state index in [0.717, 1.165) is 51.4 Å². The van der Waals surface area contributed by atoms with Gasteiger partial charge in [0.2, 0.25) is 0 Å². The van der Waals surface area contributed by atoms with Crippen LogP contribution in [-0.4, -0.2) is 116 Å². The standard InChI is InChI=1S/C41H66O12/c1-21-28(44)30(46)31(47)33(51-21)53-32-29(45)24(43)19-50-34(32)52-27-11-12-37(4)25(38(27,5)20-42)10-13-40(7)26(37)9-8-22-23-18-36(2,3)14-16-41(23,35(48)49)17-15-39(22,40)6/h8,21,23-34,42-47H,9-20H2,1-7H3,(H,48,49)/t21-,23-,24-,25+,26+,27-,28-,29-,30+,31+,32+,33?,34-,37-,38+,39+,40+,41-/m0/s1. The number of hydrogen-bond acceptors (Lipinski definition) is 11. The van der Waals surface area contributed by atoms with Gasteiger partial charge in [-0.15, -0.1) is 0 Å². The molecule has 5 aliphatic carbocycles. The van der Waals surface area contributed by atoms with E-state index in [1.54, 1.807) is 0 Å². The van der Waals surface area contributed by atoms with Gasteiger partial charge in [0.1, 0.15) is 36.6 Å². The lowest BCUT2D eigenvalue weighted by molar-refractivity contribution is -0.365. The number of carboxylic acid groups (broad SMARTS) is 1. The molecule has 6 fully saturated rings. The van der Waals surface area contributed by atoms with E-state index < -0.39 is 78.2 Å². The number of aliphatic hydroxyl groups excluding tert-OH is 6. The Kier molecular flexibility index (Phi) is 10.2. The Labute approximate surface area is 314 Å². The number of carbonyl (C=O) groups is 1. The normalized spacial score (nSPS) is 55.1. The van der Waals surface area contributed by atoms with Crippen LogP contribution in [0, 0.1) is 50.2 Å². The average molecular weight is 751 g/mol. The Morgan fingerprint density at radius 1 is 0.830 bits per heavy atom. The van der Waals surface area contributed by atoms with Gasteiger partial charge in [-0.3, -0.25) is 4.79 Å². The molecule has 12 heteroatoms. The maximum Gasteiger partial charge on any atom is 0.310 e. The first-order valence-corrected chi connectivity index (χ1v) is 20.2. The molecule has 0 amide bonds. The van der Waals surface area contributed by atoms with E-state index in [1.165, 1.54) is 12.5 Å². The smallest absolute Gasteiger partial charge is 0.310 e. The third kappa shape index (κ3) is 5.85. The molecule has 302 valence electrons. The predicted octanol–water partition coefficient (Wildman–Crippen LogP) is 3.52. The van der Waals surface area contributed by atoms with Crippen LogP contribution in [-0.2, 0) is 23.7 Å². The third-order valence-corrected chi connectivity index (χ3v) is 17.0. The molecule has 0 aromatic heterocycles. The Hall–Kier alpha value is -1.19. The lowest BCUT2D eigenvalue weighted by Gasteiger charge is -2.71. The number of ether oxygens (including phenoxy) is 4. The van der Waals surface area contributed by atoms with Gasteiger partial charge in [0.05, 0.1) is 30.8 Å². The molecule has 18 atom stereocenters. The first kappa shape index (κ1) is 40.0. The molecule has 4 saturated carbocycles. The van der Waals surface area contributed by atoms with Crippen LogP contribution in [0.4, 0.5) is 0 Å². The van der Waals surface area contributed by atoms with Crippen molar-refractivity contribution < 1.29 is 59.5 Å². The molecule has 2 saturated heterocycles. The highest BCUT2D eigenvalue weighted by atomic mass is 16.8. The summed E-state index contributed by atoms with van der Waals surface area (Å²) in [7, 11) is 0. The van der Waals surface area contributed by atoms with E-state index >= 15 is 0 Å². The highest BCUT2D eigenvalue weighted by Gasteiger charge is 2.70. The van der Waals surface area contributed by atoms with Gasteiger partial charge in [0, 0.05) is 5.41 Å². The zero-order valence-corrected chi connectivity index (χ0v) is 32.7. The molecule has 7 rings (SSSR count). The van der Waals surface area contributed by atoms with Crippen molar-refractivity contribution >= 4 is 5.97 Å². The van der Waals surface area contributed by atoms with Gasteiger partial charge in [-0.2, -0.15) is 0 Å². The zero-order valence-electron chi connectivity index (χ0n) is 32.7. The minimum Gasteiger partial charge on any atom is -0.481 e. The monoisotopic (exact) mass is 750 g/mol. The molecule has 0 aromatic carbocycles. The molecule has 0 spiro atoms. The quantitative estimate of drug-likeness (QED) is 0.155. The van der Waals surface area contributed by atoms with Crippen molar-refractivity contribution in [2.24, 2.45) is 50.2 Å². The van der Waals surface area contributed by atoms with Gasteiger partial charge in [0.15, 0.2) is 12.6 Å². The minimum absolute atomic E-state index is 0.0360. The van der Waals surface area contributed by atoms with Gasteiger partial charge >= 0.3 is 5.97 Å². The van der Waals surface area contributed by atoms with E-state index in [4.69, 9.17) is 18.9 Å². The molecule has 0 radical (unpaired) electrons. The summed E-state index contributed by atoms with van der Waals surface area (Å²) < 4.78 is 24.3. The molecule has 1 unspecified atom stereocenters. The van der Waals surface area contributed by atoms with Crippen molar-refractivity contribution in [1.29, 1.82) is 0 Å². The Balaban J connectivity index is 1.15. The van der Waals surface area contributed by atoms with Gasteiger partial charge in [0.25, 0.3) is 0 Å². The molecule has 7 aliphatic rings. The van der Waals surface area contributed by atoms with Crippen LogP contribution in [0.3, 0.4) is 0 Å². The largest absolute Gasteiger partial charge is 0.481 e. The number of rotatable bonds is 6. The predicted molar refractivity (Wildman–Crippen MR) is 192 cm³/mol. The zero-order chi connectivity index (χ0) is 38.7. The molecule has 12 nitrogen and oxygen atoms in total. The molecular formula is C41H66O12. The van der Waals surface area contributed by atoms with E-state index in [9.17, 15) is 40.5 Å². The van der Waals surface area contributed by atoms with Crippen molar-refractivity contribution in [1.82, 2.24) is 0 Å². The van der Waals surface area contributed by atoms with Crippen molar-refractivity contribution in [2.75, 3.05) is 13.2 Å². The highest BCUT2D eigenvalue weighted by molar-refractivity contribution is 5.76. The summed E-state index contributed by atoms with van der Waals surface area (Å²) in [4.78, 5) is 13.0. The first-order chi connectivity index (χ1) is 24.7. The van der Waals surface area contributed by atoms with Crippen LogP contribution in [0.1, 0.15) is 113 Å². The van der Waals surface area contributed by atoms with Crippen LogP contribution in [0.5, 0.6) is 0 Å². The number of fused-ring (bicyclic) bond motifs is 7. The van der Waals surface area contributed by atoms with Crippen molar-refractivity contribution in [2.45, 2.75) is 174 Å². The first-order valence-electron chi connectivity index (χ1n) is 20.2. The molecular weight excluding hydrogens is 684 g/mol. The number of aliphatic carboxylic acids is 1. The topological polar surface area (TPSA) is 196 Å². The molecule has 7 N–H and O–H groups in total. The average Bonchev–Trinajstić information content (AvgIpc) is 3.10. The van der Waals surface area contributed by atoms with Crippen LogP contribution in [0.2, 0.25) is 0 Å². The third-order valence-electron chi connectivity index (χ3n) is 17.0. The SMILES string of the molecule is C[C@@H]1OC(O[C@H]2[C@H](O[C@H]3CC[C@@]4(C)[C@@H](CC[C@]5(C)[C@@H]4CC=C4[C@@H]6CC(C)(C)CC[C@]6(C(=O)O)CC[C@]45C)[C@@]3(C)CO)OC[C@H](O)[C@@H]2O)[C@H](O)[C@H](O)[C@H]1O. The van der Waals surface area contributed by atoms with E-state index in [-0.39, 0.29) is 46.7 Å². The molecule has 2 aliphatic heterocycles. The molecule has 0 bridgehead atoms. The fraction of sp³-hybridized carbons (Fsp3) is 0.927.